The van der Waals surface area contributed by atoms with Crippen molar-refractivity contribution >= 4 is 11.6 Å². The van der Waals surface area contributed by atoms with Crippen LogP contribution in [0.15, 0.2) is 11.6 Å². The SMILES string of the molecule is C=C(Cl)CN1CCC(CN2C[C@H](C)O[C@@H](C)C2)CC1. The summed E-state index contributed by atoms with van der Waals surface area (Å²) in [6.45, 7) is 14.7. The zero-order valence-corrected chi connectivity index (χ0v) is 13.0. The minimum atomic E-state index is 0.378. The Morgan fingerprint density at radius 2 is 1.74 bits per heavy atom. The van der Waals surface area contributed by atoms with Crippen molar-refractivity contribution in [2.75, 3.05) is 39.3 Å². The highest BCUT2D eigenvalue weighted by atomic mass is 35.5. The highest BCUT2D eigenvalue weighted by molar-refractivity contribution is 6.29. The molecule has 2 aliphatic heterocycles. The summed E-state index contributed by atoms with van der Waals surface area (Å²) < 4.78 is 5.79. The molecule has 0 aromatic heterocycles. The van der Waals surface area contributed by atoms with Crippen LogP contribution in [-0.4, -0.2) is 61.3 Å². The first-order valence-electron chi connectivity index (χ1n) is 7.46. The number of rotatable bonds is 4. The number of likely N-dealkylation sites (tertiary alicyclic amines) is 1. The lowest BCUT2D eigenvalue weighted by atomic mass is 9.95. The van der Waals surface area contributed by atoms with Gasteiger partial charge in [0.05, 0.1) is 12.2 Å². The molecular formula is C15H27ClN2O. The average molecular weight is 287 g/mol. The Bertz CT molecular complexity index is 293. The standard InChI is InChI=1S/C15H27ClN2O/c1-12(16)8-17-6-4-15(5-7-17)11-18-9-13(2)19-14(3)10-18/h13-15H,1,4-11H2,2-3H3/t13-,14-/m0/s1. The minimum absolute atomic E-state index is 0.378. The van der Waals surface area contributed by atoms with Crippen LogP contribution < -0.4 is 0 Å². The van der Waals surface area contributed by atoms with Crippen LogP contribution in [-0.2, 0) is 4.74 Å². The van der Waals surface area contributed by atoms with E-state index < -0.39 is 0 Å². The van der Waals surface area contributed by atoms with Crippen molar-refractivity contribution in [3.05, 3.63) is 11.6 Å². The number of nitrogens with zero attached hydrogens (tertiary/aromatic N) is 2. The molecule has 0 spiro atoms. The average Bonchev–Trinajstić information content (AvgIpc) is 2.29. The molecule has 0 bridgehead atoms. The third kappa shape index (κ3) is 5.07. The van der Waals surface area contributed by atoms with E-state index in [0.717, 1.165) is 43.7 Å². The first-order valence-corrected chi connectivity index (χ1v) is 7.84. The van der Waals surface area contributed by atoms with E-state index in [9.17, 15) is 0 Å². The van der Waals surface area contributed by atoms with Crippen molar-refractivity contribution in [2.24, 2.45) is 5.92 Å². The molecular weight excluding hydrogens is 260 g/mol. The molecule has 2 saturated heterocycles. The molecule has 0 aliphatic carbocycles. The van der Waals surface area contributed by atoms with Gasteiger partial charge in [-0.15, -0.1) is 0 Å². The topological polar surface area (TPSA) is 15.7 Å². The third-order valence-electron chi connectivity index (χ3n) is 4.11. The van der Waals surface area contributed by atoms with Crippen LogP contribution in [0.25, 0.3) is 0 Å². The number of piperidine rings is 1. The highest BCUT2D eigenvalue weighted by Gasteiger charge is 2.26. The first kappa shape index (κ1) is 15.3. The van der Waals surface area contributed by atoms with E-state index in [2.05, 4.69) is 30.2 Å². The smallest absolute Gasteiger partial charge is 0.0678 e. The molecule has 2 rings (SSSR count). The molecule has 0 saturated carbocycles. The van der Waals surface area contributed by atoms with Crippen LogP contribution in [0, 0.1) is 5.92 Å². The van der Waals surface area contributed by atoms with Crippen molar-refractivity contribution in [3.63, 3.8) is 0 Å². The van der Waals surface area contributed by atoms with Crippen molar-refractivity contribution < 1.29 is 4.74 Å². The maximum absolute atomic E-state index is 5.88. The Labute approximate surface area is 122 Å². The number of hydrogen-bond acceptors (Lipinski definition) is 3. The zero-order chi connectivity index (χ0) is 13.8. The van der Waals surface area contributed by atoms with Crippen molar-refractivity contribution in [1.29, 1.82) is 0 Å². The Morgan fingerprint density at radius 1 is 1.16 bits per heavy atom. The van der Waals surface area contributed by atoms with Crippen LogP contribution in [0.2, 0.25) is 0 Å². The van der Waals surface area contributed by atoms with Gasteiger partial charge in [-0.1, -0.05) is 18.2 Å². The van der Waals surface area contributed by atoms with Crippen LogP contribution in [0.5, 0.6) is 0 Å². The summed E-state index contributed by atoms with van der Waals surface area (Å²) in [5.74, 6) is 0.831. The molecule has 19 heavy (non-hydrogen) atoms. The monoisotopic (exact) mass is 286 g/mol. The summed E-state index contributed by atoms with van der Waals surface area (Å²) >= 11 is 5.88. The normalized spacial score (nSPS) is 31.5. The van der Waals surface area contributed by atoms with E-state index in [-0.39, 0.29) is 0 Å². The van der Waals surface area contributed by atoms with E-state index in [0.29, 0.717) is 12.2 Å². The molecule has 2 heterocycles. The molecule has 110 valence electrons. The van der Waals surface area contributed by atoms with Crippen molar-refractivity contribution in [1.82, 2.24) is 9.80 Å². The zero-order valence-electron chi connectivity index (χ0n) is 12.3. The predicted octanol–water partition coefficient (Wildman–Crippen LogP) is 2.56. The second-order valence-corrected chi connectivity index (χ2v) is 6.75. The quantitative estimate of drug-likeness (QED) is 0.790. The van der Waals surface area contributed by atoms with Gasteiger partial charge in [0.15, 0.2) is 0 Å². The highest BCUT2D eigenvalue weighted by Crippen LogP contribution is 2.21. The molecule has 2 aliphatic rings. The lowest BCUT2D eigenvalue weighted by Gasteiger charge is -2.39. The molecule has 0 aromatic carbocycles. The Hall–Kier alpha value is -0.0900. The van der Waals surface area contributed by atoms with E-state index >= 15 is 0 Å². The van der Waals surface area contributed by atoms with Gasteiger partial charge >= 0.3 is 0 Å². The lowest BCUT2D eigenvalue weighted by molar-refractivity contribution is -0.0730. The largest absolute Gasteiger partial charge is 0.373 e. The van der Waals surface area contributed by atoms with Gasteiger partial charge in [-0.3, -0.25) is 9.80 Å². The van der Waals surface area contributed by atoms with E-state index in [1.807, 2.05) is 0 Å². The molecule has 4 heteroatoms. The van der Waals surface area contributed by atoms with E-state index in [1.54, 1.807) is 0 Å². The Balaban J connectivity index is 1.71. The van der Waals surface area contributed by atoms with Gasteiger partial charge in [-0.25, -0.2) is 0 Å². The number of halogens is 1. The molecule has 0 N–H and O–H groups in total. The first-order chi connectivity index (χ1) is 9.02. The van der Waals surface area contributed by atoms with Gasteiger partial charge < -0.3 is 4.74 Å². The molecule has 2 fully saturated rings. The number of ether oxygens (including phenoxy) is 1. The van der Waals surface area contributed by atoms with Crippen LogP contribution in [0.4, 0.5) is 0 Å². The summed E-state index contributed by atoms with van der Waals surface area (Å²) in [4.78, 5) is 5.00. The Kier molecular flexibility index (Phi) is 5.70. The second-order valence-electron chi connectivity index (χ2n) is 6.21. The summed E-state index contributed by atoms with van der Waals surface area (Å²) in [5, 5.41) is 0.759. The van der Waals surface area contributed by atoms with Crippen molar-refractivity contribution in [3.8, 4) is 0 Å². The summed E-state index contributed by atoms with van der Waals surface area (Å²) in [7, 11) is 0. The molecule has 0 amide bonds. The van der Waals surface area contributed by atoms with Crippen LogP contribution in [0.3, 0.4) is 0 Å². The summed E-state index contributed by atoms with van der Waals surface area (Å²) in [6.07, 6.45) is 3.32. The molecule has 3 nitrogen and oxygen atoms in total. The van der Waals surface area contributed by atoms with E-state index in [1.165, 1.54) is 19.4 Å². The second kappa shape index (κ2) is 7.07. The fraction of sp³-hybridized carbons (Fsp3) is 0.867. The van der Waals surface area contributed by atoms with Gasteiger partial charge in [0, 0.05) is 31.2 Å². The summed E-state index contributed by atoms with van der Waals surface area (Å²) in [5.41, 5.74) is 0. The molecule has 0 unspecified atom stereocenters. The van der Waals surface area contributed by atoms with Gasteiger partial charge in [0.2, 0.25) is 0 Å². The maximum Gasteiger partial charge on any atom is 0.0678 e. The molecule has 0 aromatic rings. The van der Waals surface area contributed by atoms with Crippen molar-refractivity contribution in [2.45, 2.75) is 38.9 Å². The number of morpholine rings is 1. The third-order valence-corrected chi connectivity index (χ3v) is 4.23. The van der Waals surface area contributed by atoms with Gasteiger partial charge in [0.25, 0.3) is 0 Å². The molecule has 0 radical (unpaired) electrons. The van der Waals surface area contributed by atoms with Gasteiger partial charge in [0.1, 0.15) is 0 Å². The minimum Gasteiger partial charge on any atom is -0.373 e. The van der Waals surface area contributed by atoms with Crippen LogP contribution >= 0.6 is 11.6 Å². The Morgan fingerprint density at radius 3 is 2.26 bits per heavy atom. The lowest BCUT2D eigenvalue weighted by Crippen LogP contribution is -2.48. The maximum atomic E-state index is 5.88. The van der Waals surface area contributed by atoms with E-state index in [4.69, 9.17) is 16.3 Å². The fourth-order valence-corrected chi connectivity index (χ4v) is 3.54. The summed E-state index contributed by atoms with van der Waals surface area (Å²) in [6, 6.07) is 0. The fourth-order valence-electron chi connectivity index (χ4n) is 3.37. The van der Waals surface area contributed by atoms with Gasteiger partial charge in [-0.2, -0.15) is 0 Å². The number of hydrogen-bond donors (Lipinski definition) is 0. The molecule has 2 atom stereocenters. The predicted molar refractivity (Wildman–Crippen MR) is 80.6 cm³/mol. The van der Waals surface area contributed by atoms with Crippen LogP contribution in [0.1, 0.15) is 26.7 Å². The van der Waals surface area contributed by atoms with Gasteiger partial charge in [-0.05, 0) is 45.7 Å².